The van der Waals surface area contributed by atoms with E-state index in [2.05, 4.69) is 72.8 Å². The van der Waals surface area contributed by atoms with Crippen LogP contribution in [0.25, 0.3) is 32.3 Å². The summed E-state index contributed by atoms with van der Waals surface area (Å²) in [6, 6.07) is 26.2. The van der Waals surface area contributed by atoms with Crippen molar-refractivity contribution in [3.05, 3.63) is 95.3 Å². The van der Waals surface area contributed by atoms with E-state index >= 15 is 0 Å². The third-order valence-electron chi connectivity index (χ3n) is 5.06. The van der Waals surface area contributed by atoms with Crippen LogP contribution in [0, 0.1) is 0 Å². The fraction of sp³-hybridized carbons (Fsp3) is 0.120. The molecule has 0 saturated carbocycles. The van der Waals surface area contributed by atoms with E-state index in [0.29, 0.717) is 17.7 Å². The summed E-state index contributed by atoms with van der Waals surface area (Å²) in [5, 5.41) is 17.5. The summed E-state index contributed by atoms with van der Waals surface area (Å²) in [4.78, 5) is 0.409. The van der Waals surface area contributed by atoms with Crippen LogP contribution < -0.4 is 0 Å². The lowest BCUT2D eigenvalue weighted by atomic mass is 10.00. The molecule has 1 heterocycles. The van der Waals surface area contributed by atoms with Gasteiger partial charge < -0.3 is 5.11 Å². The van der Waals surface area contributed by atoms with Gasteiger partial charge in [0.05, 0.1) is 0 Å². The maximum atomic E-state index is 11.0. The van der Waals surface area contributed by atoms with Crippen LogP contribution in [-0.4, -0.2) is 20.1 Å². The molecule has 0 radical (unpaired) electrons. The molecular formula is C25H22O3S. The number of hydrogen-bond donors (Lipinski definition) is 1. The first-order valence-electron chi connectivity index (χ1n) is 9.61. The molecule has 0 atom stereocenters. The molecule has 1 aliphatic rings. The van der Waals surface area contributed by atoms with Gasteiger partial charge in [-0.25, -0.2) is 8.42 Å². The summed E-state index contributed by atoms with van der Waals surface area (Å²) in [7, 11) is -3.09. The number of aliphatic hydroxyl groups excluding tert-OH is 1. The van der Waals surface area contributed by atoms with Gasteiger partial charge in [-0.3, -0.25) is 0 Å². The van der Waals surface area contributed by atoms with Gasteiger partial charge in [-0.2, -0.15) is 0 Å². The van der Waals surface area contributed by atoms with E-state index in [4.69, 9.17) is 5.11 Å². The fourth-order valence-corrected chi connectivity index (χ4v) is 4.70. The first-order valence-corrected chi connectivity index (χ1v) is 11.2. The Hall–Kier alpha value is -2.95. The minimum absolute atomic E-state index is 0.0346. The van der Waals surface area contributed by atoms with Gasteiger partial charge in [0.15, 0.2) is 9.84 Å². The maximum absolute atomic E-state index is 11.0. The number of fused-ring (bicyclic) bond motifs is 3. The summed E-state index contributed by atoms with van der Waals surface area (Å²) >= 11 is 0. The average molecular weight is 403 g/mol. The lowest BCUT2D eigenvalue weighted by Crippen LogP contribution is -1.97. The van der Waals surface area contributed by atoms with E-state index in [9.17, 15) is 8.42 Å². The second-order valence-corrected chi connectivity index (χ2v) is 8.97. The zero-order valence-corrected chi connectivity index (χ0v) is 16.8. The van der Waals surface area contributed by atoms with E-state index in [1.807, 2.05) is 0 Å². The van der Waals surface area contributed by atoms with Crippen molar-refractivity contribution in [3.8, 4) is 0 Å². The minimum atomic E-state index is -3.09. The second-order valence-electron chi connectivity index (χ2n) is 7.08. The molecule has 4 heteroatoms. The fourth-order valence-electron chi connectivity index (χ4n) is 3.55. The Morgan fingerprint density at radius 3 is 1.48 bits per heavy atom. The topological polar surface area (TPSA) is 54.4 Å². The van der Waals surface area contributed by atoms with Gasteiger partial charge in [-0.1, -0.05) is 48.5 Å². The van der Waals surface area contributed by atoms with Gasteiger partial charge in [0.25, 0.3) is 0 Å². The smallest absolute Gasteiger partial charge is 0.196 e. The Morgan fingerprint density at radius 2 is 1.14 bits per heavy atom. The lowest BCUT2D eigenvalue weighted by Gasteiger charge is -2.04. The van der Waals surface area contributed by atoms with Gasteiger partial charge in [-0.05, 0) is 81.6 Å². The van der Waals surface area contributed by atoms with Gasteiger partial charge in [0.2, 0.25) is 0 Å². The van der Waals surface area contributed by atoms with Crippen LogP contribution in [0.5, 0.6) is 0 Å². The van der Waals surface area contributed by atoms with Crippen molar-refractivity contribution in [2.24, 2.45) is 0 Å². The number of benzene rings is 4. The van der Waals surface area contributed by atoms with Crippen molar-refractivity contribution < 1.29 is 13.5 Å². The summed E-state index contributed by atoms with van der Waals surface area (Å²) in [5.74, 6) is 0. The third-order valence-corrected chi connectivity index (χ3v) is 6.64. The van der Waals surface area contributed by atoms with Gasteiger partial charge in [0, 0.05) is 16.9 Å². The van der Waals surface area contributed by atoms with Crippen molar-refractivity contribution in [2.75, 3.05) is 6.61 Å². The van der Waals surface area contributed by atoms with E-state index in [1.165, 1.54) is 43.8 Å². The predicted molar refractivity (Wildman–Crippen MR) is 121 cm³/mol. The number of sulfone groups is 1. The first-order chi connectivity index (χ1) is 14.1. The number of hydrogen-bond acceptors (Lipinski definition) is 3. The molecule has 0 spiro atoms. The Bertz CT molecular complexity index is 1200. The largest absolute Gasteiger partial charge is 0.396 e. The normalized spacial score (nSPS) is 14.7. The Kier molecular flexibility index (Phi) is 5.47. The molecular weight excluding hydrogens is 380 g/mol. The molecule has 146 valence electrons. The molecule has 0 bridgehead atoms. The van der Waals surface area contributed by atoms with Gasteiger partial charge in [-0.15, -0.1) is 0 Å². The molecule has 5 rings (SSSR count). The lowest BCUT2D eigenvalue weighted by molar-refractivity contribution is 0.289. The van der Waals surface area contributed by atoms with Gasteiger partial charge >= 0.3 is 0 Å². The molecule has 0 aromatic heterocycles. The summed E-state index contributed by atoms with van der Waals surface area (Å²) in [5.41, 5.74) is 0. The molecule has 0 unspecified atom stereocenters. The van der Waals surface area contributed by atoms with E-state index in [0.717, 1.165) is 0 Å². The van der Waals surface area contributed by atoms with Crippen LogP contribution >= 0.6 is 0 Å². The summed E-state index contributed by atoms with van der Waals surface area (Å²) < 4.78 is 22.1. The number of allylic oxidation sites excluding steroid dienone is 3. The highest BCUT2D eigenvalue weighted by Crippen LogP contribution is 2.27. The maximum Gasteiger partial charge on any atom is 0.196 e. The molecule has 1 N–H and O–H groups in total. The van der Waals surface area contributed by atoms with Crippen LogP contribution in [0.1, 0.15) is 12.8 Å². The molecule has 4 aromatic carbocycles. The standard InChI is InChI=1S/C18H12.C7H10O3S/c1-2-6-14-10-18-12-16-8-4-3-7-15(16)11-17(18)9-13(14)5-1;8-5-1-3-7-4-2-6-11(7,9)10/h1-12H;2,4,6,8H,1,3,5H2. The zero-order valence-electron chi connectivity index (χ0n) is 16.0. The van der Waals surface area contributed by atoms with Crippen molar-refractivity contribution in [3.63, 3.8) is 0 Å². The zero-order chi connectivity index (χ0) is 20.3. The summed E-state index contributed by atoms with van der Waals surface area (Å²) in [6.45, 7) is 0.0346. The molecule has 0 aliphatic carbocycles. The summed E-state index contributed by atoms with van der Waals surface area (Å²) in [6.07, 6.45) is 4.03. The molecule has 29 heavy (non-hydrogen) atoms. The molecule has 4 aromatic rings. The van der Waals surface area contributed by atoms with Crippen molar-refractivity contribution in [2.45, 2.75) is 12.8 Å². The molecule has 3 nitrogen and oxygen atoms in total. The van der Waals surface area contributed by atoms with Crippen LogP contribution in [0.15, 0.2) is 95.3 Å². The van der Waals surface area contributed by atoms with Crippen molar-refractivity contribution in [1.82, 2.24) is 0 Å². The second kappa shape index (κ2) is 8.19. The first kappa shape index (κ1) is 19.4. The average Bonchev–Trinajstić information content (AvgIpc) is 3.07. The molecule has 0 amide bonds. The highest BCUT2D eigenvalue weighted by Gasteiger charge is 2.16. The predicted octanol–water partition coefficient (Wildman–Crippen LogP) is 5.73. The Balaban J connectivity index is 0.000000161. The van der Waals surface area contributed by atoms with E-state index in [1.54, 1.807) is 6.08 Å². The van der Waals surface area contributed by atoms with Crippen LogP contribution in [-0.2, 0) is 9.84 Å². The van der Waals surface area contributed by atoms with Crippen LogP contribution in [0.4, 0.5) is 0 Å². The molecule has 1 aliphatic heterocycles. The quantitative estimate of drug-likeness (QED) is 0.445. The Morgan fingerprint density at radius 1 is 0.690 bits per heavy atom. The highest BCUT2D eigenvalue weighted by atomic mass is 32.2. The van der Waals surface area contributed by atoms with Gasteiger partial charge in [0.1, 0.15) is 0 Å². The monoisotopic (exact) mass is 402 g/mol. The number of aliphatic hydroxyl groups is 1. The number of rotatable bonds is 3. The SMILES string of the molecule is O=S1(=O)C=CC=C1CCCO.c1ccc2cc3cc4ccccc4cc3cc2c1. The highest BCUT2D eigenvalue weighted by molar-refractivity contribution is 7.98. The molecule has 0 fully saturated rings. The van der Waals surface area contributed by atoms with Crippen molar-refractivity contribution in [1.29, 1.82) is 0 Å². The van der Waals surface area contributed by atoms with Crippen LogP contribution in [0.2, 0.25) is 0 Å². The van der Waals surface area contributed by atoms with Crippen LogP contribution in [0.3, 0.4) is 0 Å². The third kappa shape index (κ3) is 4.24. The Labute approximate surface area is 170 Å². The molecule has 0 saturated heterocycles. The van der Waals surface area contributed by atoms with E-state index in [-0.39, 0.29) is 6.61 Å². The van der Waals surface area contributed by atoms with E-state index < -0.39 is 9.84 Å². The van der Waals surface area contributed by atoms with Crippen molar-refractivity contribution >= 4 is 42.2 Å². The minimum Gasteiger partial charge on any atom is -0.396 e.